The smallest absolute Gasteiger partial charge is 0.272 e. The van der Waals surface area contributed by atoms with E-state index in [1.807, 2.05) is 6.92 Å². The van der Waals surface area contributed by atoms with Crippen LogP contribution in [-0.2, 0) is 23.0 Å². The number of rotatable bonds is 6. The lowest BCUT2D eigenvalue weighted by atomic mass is 10.1. The maximum absolute atomic E-state index is 12.3. The zero-order chi connectivity index (χ0) is 18.0. The van der Waals surface area contributed by atoms with Crippen LogP contribution in [0.1, 0.15) is 31.5 Å². The molecule has 0 spiro atoms. The molecule has 10 heteroatoms. The van der Waals surface area contributed by atoms with Crippen LogP contribution in [0, 0.1) is 13.8 Å². The van der Waals surface area contributed by atoms with Gasteiger partial charge >= 0.3 is 0 Å². The number of thiophene rings is 1. The van der Waals surface area contributed by atoms with E-state index in [4.69, 9.17) is 0 Å². The van der Waals surface area contributed by atoms with E-state index in [1.165, 1.54) is 11.3 Å². The molecule has 1 aliphatic heterocycles. The van der Waals surface area contributed by atoms with Crippen LogP contribution in [0.2, 0.25) is 0 Å². The summed E-state index contributed by atoms with van der Waals surface area (Å²) in [6, 6.07) is 1.66. The molecule has 0 bridgehead atoms. The van der Waals surface area contributed by atoms with Crippen molar-refractivity contribution >= 4 is 27.3 Å². The molecule has 0 saturated carbocycles. The molecule has 1 aliphatic rings. The number of aromatic amines is 1. The van der Waals surface area contributed by atoms with Crippen LogP contribution in [0.25, 0.3) is 0 Å². The van der Waals surface area contributed by atoms with Gasteiger partial charge < -0.3 is 10.6 Å². The van der Waals surface area contributed by atoms with Gasteiger partial charge in [0.1, 0.15) is 0 Å². The monoisotopic (exact) mass is 383 g/mol. The van der Waals surface area contributed by atoms with E-state index < -0.39 is 10.0 Å². The van der Waals surface area contributed by atoms with Gasteiger partial charge in [0.25, 0.3) is 5.91 Å². The van der Waals surface area contributed by atoms with Crippen molar-refractivity contribution in [3.05, 3.63) is 32.8 Å². The van der Waals surface area contributed by atoms with Crippen molar-refractivity contribution in [1.29, 1.82) is 0 Å². The Labute approximate surface area is 150 Å². The fourth-order valence-corrected chi connectivity index (χ4v) is 5.39. The molecule has 1 amide bonds. The lowest BCUT2D eigenvalue weighted by Crippen LogP contribution is -2.35. The number of aryl methyl sites for hydroxylation is 2. The molecule has 0 atom stereocenters. The van der Waals surface area contributed by atoms with E-state index in [1.54, 1.807) is 13.0 Å². The first-order valence-electron chi connectivity index (χ1n) is 8.00. The van der Waals surface area contributed by atoms with Crippen molar-refractivity contribution in [1.82, 2.24) is 25.6 Å². The zero-order valence-electron chi connectivity index (χ0n) is 14.1. The lowest BCUT2D eigenvalue weighted by molar-refractivity contribution is 0.0948. The van der Waals surface area contributed by atoms with Gasteiger partial charge in [0.2, 0.25) is 10.0 Å². The Kier molecular flexibility index (Phi) is 5.23. The Morgan fingerprint density at radius 1 is 1.36 bits per heavy atom. The van der Waals surface area contributed by atoms with Gasteiger partial charge in [-0.1, -0.05) is 0 Å². The molecular weight excluding hydrogens is 362 g/mol. The summed E-state index contributed by atoms with van der Waals surface area (Å²) in [6.07, 6.45) is 0.814. The van der Waals surface area contributed by atoms with Gasteiger partial charge in [-0.2, -0.15) is 5.10 Å². The summed E-state index contributed by atoms with van der Waals surface area (Å²) in [5.74, 6) is -0.303. The molecule has 0 aromatic carbocycles. The number of nitrogens with zero attached hydrogens (tertiary/aromatic N) is 1. The molecule has 0 saturated heterocycles. The third-order valence-electron chi connectivity index (χ3n) is 4.01. The van der Waals surface area contributed by atoms with E-state index in [0.717, 1.165) is 34.0 Å². The number of fused-ring (bicyclic) bond motifs is 1. The van der Waals surface area contributed by atoms with Crippen molar-refractivity contribution in [2.75, 3.05) is 19.6 Å². The molecule has 2 aromatic heterocycles. The van der Waals surface area contributed by atoms with Crippen LogP contribution in [0.4, 0.5) is 0 Å². The van der Waals surface area contributed by atoms with E-state index in [-0.39, 0.29) is 19.0 Å². The molecule has 0 aliphatic carbocycles. The first kappa shape index (κ1) is 18.1. The largest absolute Gasteiger partial charge is 0.349 e. The number of hydrogen-bond acceptors (Lipinski definition) is 6. The lowest BCUT2D eigenvalue weighted by Gasteiger charge is -2.13. The normalized spacial score (nSPS) is 14.3. The SMILES string of the molecule is Cc1cc(S(=O)(=O)NCCNC(=O)c2n[nH]c3c2CNCC3)c(C)s1. The summed E-state index contributed by atoms with van der Waals surface area (Å²) < 4.78 is 27.1. The van der Waals surface area contributed by atoms with Gasteiger partial charge in [-0.3, -0.25) is 9.89 Å². The molecular formula is C15H21N5O3S2. The average molecular weight is 383 g/mol. The molecule has 8 nitrogen and oxygen atoms in total. The number of carbonyl (C=O) groups excluding carboxylic acids is 1. The molecule has 4 N–H and O–H groups in total. The highest BCUT2D eigenvalue weighted by atomic mass is 32.2. The van der Waals surface area contributed by atoms with E-state index in [9.17, 15) is 13.2 Å². The number of amides is 1. The summed E-state index contributed by atoms with van der Waals surface area (Å²) in [5, 5.41) is 12.9. The average Bonchev–Trinajstić information content (AvgIpc) is 3.14. The van der Waals surface area contributed by atoms with Crippen molar-refractivity contribution in [3.63, 3.8) is 0 Å². The van der Waals surface area contributed by atoms with Gasteiger partial charge in [0.15, 0.2) is 5.69 Å². The standard InChI is InChI=1S/C15H21N5O3S2/c1-9-7-13(10(2)24-9)25(22,23)18-6-5-17-15(21)14-11-8-16-4-3-12(11)19-20-14/h7,16,18H,3-6,8H2,1-2H3,(H,17,21)(H,19,20). The molecule has 2 aromatic rings. The predicted octanol–water partition coefficient (Wildman–Crippen LogP) is 0.442. The fraction of sp³-hybridized carbons (Fsp3) is 0.467. The summed E-state index contributed by atoms with van der Waals surface area (Å²) in [5.41, 5.74) is 2.23. The Morgan fingerprint density at radius 2 is 2.16 bits per heavy atom. The minimum absolute atomic E-state index is 0.118. The van der Waals surface area contributed by atoms with Gasteiger partial charge in [-0.15, -0.1) is 11.3 Å². The number of aromatic nitrogens is 2. The minimum Gasteiger partial charge on any atom is -0.349 e. The Balaban J connectivity index is 1.54. The van der Waals surface area contributed by atoms with Crippen LogP contribution in [0.15, 0.2) is 11.0 Å². The second-order valence-electron chi connectivity index (χ2n) is 5.89. The zero-order valence-corrected chi connectivity index (χ0v) is 15.7. The van der Waals surface area contributed by atoms with E-state index >= 15 is 0 Å². The summed E-state index contributed by atoms with van der Waals surface area (Å²) in [7, 11) is -3.56. The minimum atomic E-state index is -3.56. The highest BCUT2D eigenvalue weighted by molar-refractivity contribution is 7.89. The second kappa shape index (κ2) is 7.24. The van der Waals surface area contributed by atoms with Crippen molar-refractivity contribution in [2.45, 2.75) is 31.7 Å². The summed E-state index contributed by atoms with van der Waals surface area (Å²) in [6.45, 7) is 5.43. The summed E-state index contributed by atoms with van der Waals surface area (Å²) in [4.78, 5) is 14.2. The third-order valence-corrected chi connectivity index (χ3v) is 6.69. The van der Waals surface area contributed by atoms with Crippen molar-refractivity contribution in [2.24, 2.45) is 0 Å². The topological polar surface area (TPSA) is 116 Å². The molecule has 0 unspecified atom stereocenters. The highest BCUT2D eigenvalue weighted by Gasteiger charge is 2.22. The van der Waals surface area contributed by atoms with Crippen LogP contribution in [-0.4, -0.2) is 44.2 Å². The third kappa shape index (κ3) is 3.92. The number of carbonyl (C=O) groups is 1. The summed E-state index contributed by atoms with van der Waals surface area (Å²) >= 11 is 1.44. The van der Waals surface area contributed by atoms with Gasteiger partial charge in [-0.05, 0) is 19.9 Å². The van der Waals surface area contributed by atoms with Gasteiger partial charge in [-0.25, -0.2) is 13.1 Å². The molecule has 3 heterocycles. The first-order valence-corrected chi connectivity index (χ1v) is 10.3. The number of nitrogens with one attached hydrogen (secondary N) is 4. The molecule has 3 rings (SSSR count). The van der Waals surface area contributed by atoms with Crippen molar-refractivity contribution < 1.29 is 13.2 Å². The highest BCUT2D eigenvalue weighted by Crippen LogP contribution is 2.24. The van der Waals surface area contributed by atoms with Gasteiger partial charge in [0, 0.05) is 53.6 Å². The molecule has 0 fully saturated rings. The number of hydrogen-bond donors (Lipinski definition) is 4. The quantitative estimate of drug-likeness (QED) is 0.540. The van der Waals surface area contributed by atoms with Gasteiger partial charge in [0.05, 0.1) is 4.90 Å². The van der Waals surface area contributed by atoms with Crippen LogP contribution in [0.3, 0.4) is 0 Å². The van der Waals surface area contributed by atoms with E-state index in [2.05, 4.69) is 25.6 Å². The van der Waals surface area contributed by atoms with E-state index in [0.29, 0.717) is 17.1 Å². The Hall–Kier alpha value is -1.75. The fourth-order valence-electron chi connectivity index (χ4n) is 2.81. The van der Waals surface area contributed by atoms with Crippen LogP contribution >= 0.6 is 11.3 Å². The number of H-pyrrole nitrogens is 1. The van der Waals surface area contributed by atoms with Crippen LogP contribution < -0.4 is 15.4 Å². The first-order chi connectivity index (χ1) is 11.9. The molecule has 0 radical (unpaired) electrons. The van der Waals surface area contributed by atoms with Crippen LogP contribution in [0.5, 0.6) is 0 Å². The molecule has 25 heavy (non-hydrogen) atoms. The predicted molar refractivity (Wildman–Crippen MR) is 95.3 cm³/mol. The Bertz CT molecular complexity index is 885. The number of sulfonamides is 1. The maximum Gasteiger partial charge on any atom is 0.272 e. The molecule has 136 valence electrons. The Morgan fingerprint density at radius 3 is 2.88 bits per heavy atom. The second-order valence-corrected chi connectivity index (χ2v) is 9.08. The maximum atomic E-state index is 12.3. The van der Waals surface area contributed by atoms with Crippen molar-refractivity contribution in [3.8, 4) is 0 Å².